The van der Waals surface area contributed by atoms with Gasteiger partial charge in [0.05, 0.1) is 0 Å². The summed E-state index contributed by atoms with van der Waals surface area (Å²) in [6.07, 6.45) is 5.38. The van der Waals surface area contributed by atoms with E-state index in [0.29, 0.717) is 6.42 Å². The average molecular weight is 278 g/mol. The molecule has 0 atom stereocenters. The zero-order valence-electron chi connectivity index (χ0n) is 12.6. The van der Waals surface area contributed by atoms with E-state index in [1.165, 1.54) is 36.0 Å². The fraction of sp³-hybridized carbons (Fsp3) is 0.350. The van der Waals surface area contributed by atoms with Gasteiger partial charge in [-0.3, -0.25) is 4.79 Å². The quantitative estimate of drug-likeness (QED) is 0.697. The van der Waals surface area contributed by atoms with Crippen LogP contribution in [0.3, 0.4) is 0 Å². The van der Waals surface area contributed by atoms with Crippen molar-refractivity contribution in [1.29, 1.82) is 0 Å². The molecule has 1 saturated carbocycles. The molecule has 1 fully saturated rings. The predicted molar refractivity (Wildman–Crippen MR) is 86.9 cm³/mol. The van der Waals surface area contributed by atoms with E-state index in [-0.39, 0.29) is 5.78 Å². The van der Waals surface area contributed by atoms with E-state index < -0.39 is 0 Å². The zero-order chi connectivity index (χ0) is 14.7. The van der Waals surface area contributed by atoms with Crippen LogP contribution in [0.5, 0.6) is 0 Å². The number of hydrogen-bond acceptors (Lipinski definition) is 1. The van der Waals surface area contributed by atoms with Crippen LogP contribution in [-0.2, 0) is 6.42 Å². The maximum absolute atomic E-state index is 12.3. The van der Waals surface area contributed by atoms with Crippen molar-refractivity contribution in [3.63, 3.8) is 0 Å². The first-order valence-corrected chi connectivity index (χ1v) is 7.92. The Morgan fingerprint density at radius 2 is 1.76 bits per heavy atom. The number of carbonyl (C=O) groups excluding carboxylic acids is 1. The molecule has 0 saturated heterocycles. The van der Waals surface area contributed by atoms with Crippen molar-refractivity contribution in [2.75, 3.05) is 0 Å². The molecular weight excluding hydrogens is 256 g/mol. The summed E-state index contributed by atoms with van der Waals surface area (Å²) in [6.45, 7) is 2.10. The van der Waals surface area contributed by atoms with Crippen LogP contribution in [0.2, 0.25) is 0 Å². The molecule has 2 aromatic carbocycles. The average Bonchev–Trinajstić information content (AvgIpc) is 2.45. The van der Waals surface area contributed by atoms with Crippen LogP contribution >= 0.6 is 0 Å². The first-order chi connectivity index (χ1) is 10.2. The lowest BCUT2D eigenvalue weighted by Gasteiger charge is -2.25. The second-order valence-electron chi connectivity index (χ2n) is 6.10. The van der Waals surface area contributed by atoms with Gasteiger partial charge in [0.1, 0.15) is 0 Å². The van der Waals surface area contributed by atoms with Crippen molar-refractivity contribution in [3.8, 4) is 0 Å². The second kappa shape index (κ2) is 6.26. The van der Waals surface area contributed by atoms with E-state index in [0.717, 1.165) is 17.9 Å². The molecular formula is C20H22O. The molecule has 0 aromatic heterocycles. The van der Waals surface area contributed by atoms with Gasteiger partial charge in [-0.15, -0.1) is 0 Å². The minimum absolute atomic E-state index is 0.249. The normalized spacial score (nSPS) is 14.7. The van der Waals surface area contributed by atoms with E-state index in [1.807, 2.05) is 24.3 Å². The van der Waals surface area contributed by atoms with Gasteiger partial charge in [0, 0.05) is 12.0 Å². The van der Waals surface area contributed by atoms with Crippen LogP contribution in [0, 0.1) is 6.92 Å². The molecule has 0 amide bonds. The Hall–Kier alpha value is -1.89. The Kier molecular flexibility index (Phi) is 4.19. The minimum atomic E-state index is 0.249. The summed E-state index contributed by atoms with van der Waals surface area (Å²) in [5.41, 5.74) is 4.80. The van der Waals surface area contributed by atoms with Crippen molar-refractivity contribution >= 4 is 5.78 Å². The summed E-state index contributed by atoms with van der Waals surface area (Å²) < 4.78 is 0. The van der Waals surface area contributed by atoms with Gasteiger partial charge in [0.25, 0.3) is 0 Å². The van der Waals surface area contributed by atoms with Crippen molar-refractivity contribution < 1.29 is 4.79 Å². The highest BCUT2D eigenvalue weighted by molar-refractivity contribution is 5.96. The topological polar surface area (TPSA) is 17.1 Å². The maximum atomic E-state index is 12.3. The summed E-state index contributed by atoms with van der Waals surface area (Å²) in [4.78, 5) is 12.3. The van der Waals surface area contributed by atoms with E-state index in [2.05, 4.69) is 31.2 Å². The largest absolute Gasteiger partial charge is 0.294 e. The Balaban J connectivity index is 1.61. The van der Waals surface area contributed by atoms with E-state index >= 15 is 0 Å². The highest BCUT2D eigenvalue weighted by atomic mass is 16.1. The number of hydrogen-bond donors (Lipinski definition) is 0. The lowest BCUT2D eigenvalue weighted by Crippen LogP contribution is -2.09. The summed E-state index contributed by atoms with van der Waals surface area (Å²) in [5, 5.41) is 0. The van der Waals surface area contributed by atoms with Gasteiger partial charge in [-0.25, -0.2) is 0 Å². The fourth-order valence-corrected chi connectivity index (χ4v) is 2.97. The van der Waals surface area contributed by atoms with Crippen LogP contribution in [0.25, 0.3) is 0 Å². The summed E-state index contributed by atoms with van der Waals surface area (Å²) in [6, 6.07) is 16.6. The molecule has 0 bridgehead atoms. The van der Waals surface area contributed by atoms with Gasteiger partial charge >= 0.3 is 0 Å². The number of Topliss-reactive ketones (excluding diaryl/α,β-unsaturated/α-hetero) is 1. The Morgan fingerprint density at radius 3 is 2.38 bits per heavy atom. The molecule has 1 heteroatoms. The van der Waals surface area contributed by atoms with Gasteiger partial charge in [-0.1, -0.05) is 55.0 Å². The Labute approximate surface area is 127 Å². The standard InChI is InChI=1S/C20H22O/c1-15-5-2-3-6-16(15)13-14-20(21)19-11-9-18(10-12-19)17-7-4-8-17/h2-3,5-6,9-12,17H,4,7-8,13-14H2,1H3. The van der Waals surface area contributed by atoms with Crippen LogP contribution in [0.15, 0.2) is 48.5 Å². The lowest BCUT2D eigenvalue weighted by atomic mass is 9.80. The third kappa shape index (κ3) is 3.24. The second-order valence-corrected chi connectivity index (χ2v) is 6.10. The molecule has 0 spiro atoms. The lowest BCUT2D eigenvalue weighted by molar-refractivity contribution is 0.0983. The predicted octanol–water partition coefficient (Wildman–Crippen LogP) is 5.08. The highest BCUT2D eigenvalue weighted by Crippen LogP contribution is 2.36. The fourth-order valence-electron chi connectivity index (χ4n) is 2.97. The smallest absolute Gasteiger partial charge is 0.163 e. The Morgan fingerprint density at radius 1 is 1.05 bits per heavy atom. The third-order valence-corrected chi connectivity index (χ3v) is 4.69. The molecule has 1 aliphatic rings. The van der Waals surface area contributed by atoms with Crippen LogP contribution in [0.4, 0.5) is 0 Å². The molecule has 1 aliphatic carbocycles. The molecule has 108 valence electrons. The van der Waals surface area contributed by atoms with E-state index in [9.17, 15) is 4.79 Å². The number of ketones is 1. The summed E-state index contributed by atoms with van der Waals surface area (Å²) in [7, 11) is 0. The van der Waals surface area contributed by atoms with Gasteiger partial charge in [-0.05, 0) is 48.8 Å². The number of rotatable bonds is 5. The van der Waals surface area contributed by atoms with Crippen molar-refractivity contribution in [2.24, 2.45) is 0 Å². The van der Waals surface area contributed by atoms with Crippen molar-refractivity contribution in [3.05, 3.63) is 70.8 Å². The first-order valence-electron chi connectivity index (χ1n) is 7.92. The zero-order valence-corrected chi connectivity index (χ0v) is 12.6. The monoisotopic (exact) mass is 278 g/mol. The molecule has 0 radical (unpaired) electrons. The molecule has 0 unspecified atom stereocenters. The van der Waals surface area contributed by atoms with Crippen LogP contribution < -0.4 is 0 Å². The summed E-state index contributed by atoms with van der Waals surface area (Å²) in [5.74, 6) is 0.986. The van der Waals surface area contributed by atoms with E-state index in [4.69, 9.17) is 0 Å². The van der Waals surface area contributed by atoms with Gasteiger partial charge in [0.2, 0.25) is 0 Å². The van der Waals surface area contributed by atoms with Gasteiger partial charge in [0.15, 0.2) is 5.78 Å². The third-order valence-electron chi connectivity index (χ3n) is 4.69. The summed E-state index contributed by atoms with van der Waals surface area (Å²) >= 11 is 0. The number of benzene rings is 2. The minimum Gasteiger partial charge on any atom is -0.294 e. The van der Waals surface area contributed by atoms with Gasteiger partial charge in [-0.2, -0.15) is 0 Å². The van der Waals surface area contributed by atoms with Crippen LogP contribution in [-0.4, -0.2) is 5.78 Å². The van der Waals surface area contributed by atoms with Crippen LogP contribution in [0.1, 0.15) is 58.6 Å². The molecule has 21 heavy (non-hydrogen) atoms. The molecule has 0 aliphatic heterocycles. The van der Waals surface area contributed by atoms with Crippen molar-refractivity contribution in [1.82, 2.24) is 0 Å². The molecule has 0 heterocycles. The molecule has 3 rings (SSSR count). The molecule has 2 aromatic rings. The number of aryl methyl sites for hydroxylation is 2. The molecule has 1 nitrogen and oxygen atoms in total. The first kappa shape index (κ1) is 14.1. The van der Waals surface area contributed by atoms with Gasteiger partial charge < -0.3 is 0 Å². The number of carbonyl (C=O) groups is 1. The maximum Gasteiger partial charge on any atom is 0.163 e. The SMILES string of the molecule is Cc1ccccc1CCC(=O)c1ccc(C2CCC2)cc1. The molecule has 0 N–H and O–H groups in total. The van der Waals surface area contributed by atoms with E-state index in [1.54, 1.807) is 0 Å². The Bertz CT molecular complexity index is 621. The van der Waals surface area contributed by atoms with Crippen molar-refractivity contribution in [2.45, 2.75) is 44.9 Å². The highest BCUT2D eigenvalue weighted by Gasteiger charge is 2.19.